The molecule has 9 heteroatoms. The highest BCUT2D eigenvalue weighted by molar-refractivity contribution is 8.01. The van der Waals surface area contributed by atoms with Gasteiger partial charge in [0.05, 0.1) is 23.0 Å². The number of fused-ring (bicyclic) bond motifs is 2. The van der Waals surface area contributed by atoms with E-state index in [-0.39, 0.29) is 19.1 Å². The van der Waals surface area contributed by atoms with Crippen molar-refractivity contribution in [1.82, 2.24) is 14.5 Å². The molecule has 144 valence electrons. The van der Waals surface area contributed by atoms with Crippen LogP contribution in [-0.4, -0.2) is 64.4 Å². The van der Waals surface area contributed by atoms with Gasteiger partial charge in [-0.25, -0.2) is 9.78 Å². The molecule has 1 aromatic heterocycles. The van der Waals surface area contributed by atoms with Crippen LogP contribution in [-0.2, 0) is 16.1 Å². The smallest absolute Gasteiger partial charge is 0.327 e. The fourth-order valence-electron chi connectivity index (χ4n) is 4.15. The molecule has 0 saturated carbocycles. The molecule has 0 radical (unpaired) electrons. The maximum absolute atomic E-state index is 12.7. The van der Waals surface area contributed by atoms with Crippen molar-refractivity contribution in [2.45, 2.75) is 42.7 Å². The van der Waals surface area contributed by atoms with Crippen molar-refractivity contribution in [3.05, 3.63) is 30.1 Å². The number of nitrogens with zero attached hydrogens (tertiary/aromatic N) is 3. The molecule has 4 rings (SSSR count). The van der Waals surface area contributed by atoms with E-state index in [4.69, 9.17) is 0 Å². The van der Waals surface area contributed by atoms with Crippen molar-refractivity contribution >= 4 is 34.7 Å². The van der Waals surface area contributed by atoms with Gasteiger partial charge in [-0.1, -0.05) is 12.1 Å². The molecule has 3 heterocycles. The van der Waals surface area contributed by atoms with E-state index in [2.05, 4.69) is 4.98 Å². The number of imidazole rings is 1. The third kappa shape index (κ3) is 2.56. The maximum Gasteiger partial charge on any atom is 0.327 e. The molecule has 4 atom stereocenters. The molecule has 2 aliphatic rings. The number of aliphatic hydroxyl groups excluding tert-OH is 2. The summed E-state index contributed by atoms with van der Waals surface area (Å²) >= 11 is 1.39. The average Bonchev–Trinajstić information content (AvgIpc) is 3.08. The third-order valence-electron chi connectivity index (χ3n) is 5.33. The van der Waals surface area contributed by atoms with Crippen LogP contribution < -0.4 is 0 Å². The van der Waals surface area contributed by atoms with Gasteiger partial charge in [0, 0.05) is 11.3 Å². The molecule has 27 heavy (non-hydrogen) atoms. The third-order valence-corrected chi connectivity index (χ3v) is 6.92. The van der Waals surface area contributed by atoms with E-state index in [0.717, 1.165) is 5.52 Å². The summed E-state index contributed by atoms with van der Waals surface area (Å²) in [4.78, 5) is 30.2. The summed E-state index contributed by atoms with van der Waals surface area (Å²) in [5, 5.41) is 29.5. The number of rotatable bonds is 5. The Hall–Kier alpha value is -2.10. The lowest BCUT2D eigenvalue weighted by Crippen LogP contribution is -2.64. The van der Waals surface area contributed by atoms with Crippen molar-refractivity contribution in [3.8, 4) is 0 Å². The van der Waals surface area contributed by atoms with E-state index in [1.54, 1.807) is 18.4 Å². The Morgan fingerprint density at radius 3 is 2.74 bits per heavy atom. The fraction of sp³-hybridized carbons (Fsp3) is 0.500. The van der Waals surface area contributed by atoms with Gasteiger partial charge in [0.25, 0.3) is 0 Å². The number of carbonyl (C=O) groups is 2. The van der Waals surface area contributed by atoms with Crippen molar-refractivity contribution in [2.24, 2.45) is 5.92 Å². The van der Waals surface area contributed by atoms with Crippen LogP contribution in [0.15, 0.2) is 24.3 Å². The first-order chi connectivity index (χ1) is 12.8. The van der Waals surface area contributed by atoms with Crippen LogP contribution in [0, 0.1) is 5.92 Å². The van der Waals surface area contributed by atoms with Crippen LogP contribution in [0.4, 0.5) is 0 Å². The van der Waals surface area contributed by atoms with Crippen LogP contribution in [0.25, 0.3) is 11.0 Å². The Bertz CT molecular complexity index is 927. The number of aromatic nitrogens is 2. The van der Waals surface area contributed by atoms with Gasteiger partial charge in [-0.15, -0.1) is 11.8 Å². The molecule has 0 bridgehead atoms. The van der Waals surface area contributed by atoms with Gasteiger partial charge >= 0.3 is 5.97 Å². The first kappa shape index (κ1) is 18.3. The molecule has 0 spiro atoms. The summed E-state index contributed by atoms with van der Waals surface area (Å²) in [6.07, 6.45) is -1.17. The molecule has 0 unspecified atom stereocenters. The Morgan fingerprint density at radius 2 is 2.07 bits per heavy atom. The summed E-state index contributed by atoms with van der Waals surface area (Å²) in [6, 6.07) is 6.41. The highest BCUT2D eigenvalue weighted by atomic mass is 32.2. The zero-order valence-electron chi connectivity index (χ0n) is 14.9. The summed E-state index contributed by atoms with van der Waals surface area (Å²) in [5.41, 5.74) is 1.44. The van der Waals surface area contributed by atoms with Crippen molar-refractivity contribution in [1.29, 1.82) is 0 Å². The van der Waals surface area contributed by atoms with Gasteiger partial charge in [-0.05, 0) is 26.0 Å². The monoisotopic (exact) mass is 391 g/mol. The number of aliphatic hydroxyl groups is 2. The normalized spacial score (nSPS) is 27.5. The molecule has 2 aliphatic heterocycles. The number of aliphatic carboxylic acids is 1. The maximum atomic E-state index is 12.7. The SMILES string of the molecule is CC1(C)S[C@@H]2[C@H]([C@H](O)c3nc4ccccc4n3CCO)C(=O)N2[C@H]1C(=O)O. The number of hydrogen-bond acceptors (Lipinski definition) is 6. The lowest BCUT2D eigenvalue weighted by molar-refractivity contribution is -0.169. The molecule has 3 N–H and O–H groups in total. The van der Waals surface area contributed by atoms with Crippen LogP contribution in [0.3, 0.4) is 0 Å². The lowest BCUT2D eigenvalue weighted by Gasteiger charge is -2.45. The molecule has 2 fully saturated rings. The van der Waals surface area contributed by atoms with E-state index in [1.165, 1.54) is 16.7 Å². The second-order valence-corrected chi connectivity index (χ2v) is 9.17. The van der Waals surface area contributed by atoms with E-state index < -0.39 is 34.2 Å². The zero-order valence-corrected chi connectivity index (χ0v) is 15.8. The van der Waals surface area contributed by atoms with Crippen LogP contribution in [0.2, 0.25) is 0 Å². The number of para-hydroxylation sites is 2. The second kappa shape index (κ2) is 6.22. The number of β-lactam (4-membered cyclic amide) rings is 1. The molecule has 8 nitrogen and oxygen atoms in total. The quantitative estimate of drug-likeness (QED) is 0.647. The summed E-state index contributed by atoms with van der Waals surface area (Å²) in [6.45, 7) is 3.72. The van der Waals surface area contributed by atoms with E-state index in [0.29, 0.717) is 11.3 Å². The standard InChI is InChI=1S/C18H21N3O5S/c1-18(2)13(17(25)26)21-15(24)11(16(21)27-18)12(23)14-19-9-5-3-4-6-10(9)20(14)7-8-22/h3-6,11-13,16,22-23H,7-8H2,1-2H3,(H,25,26)/t11-,12+,13+,16-/m1/s1. The van der Waals surface area contributed by atoms with Gasteiger partial charge in [0.1, 0.15) is 23.9 Å². The molecule has 0 aliphatic carbocycles. The number of hydrogen-bond donors (Lipinski definition) is 3. The van der Waals surface area contributed by atoms with Gasteiger partial charge < -0.3 is 24.8 Å². The topological polar surface area (TPSA) is 116 Å². The van der Waals surface area contributed by atoms with Crippen LogP contribution in [0.5, 0.6) is 0 Å². The minimum atomic E-state index is -1.17. The number of thioether (sulfide) groups is 1. The first-order valence-corrected chi connectivity index (χ1v) is 9.63. The van der Waals surface area contributed by atoms with Gasteiger partial charge in [-0.3, -0.25) is 4.79 Å². The highest BCUT2D eigenvalue weighted by Gasteiger charge is 2.65. The average molecular weight is 391 g/mol. The van der Waals surface area contributed by atoms with E-state index in [9.17, 15) is 24.9 Å². The Morgan fingerprint density at radius 1 is 1.37 bits per heavy atom. The number of carboxylic acids is 1. The van der Waals surface area contributed by atoms with Crippen molar-refractivity contribution < 1.29 is 24.9 Å². The summed E-state index contributed by atoms with van der Waals surface area (Å²) in [5.74, 6) is -1.85. The van der Waals surface area contributed by atoms with Crippen LogP contribution in [0.1, 0.15) is 25.8 Å². The highest BCUT2D eigenvalue weighted by Crippen LogP contribution is 2.56. The molecule has 2 aromatic rings. The first-order valence-electron chi connectivity index (χ1n) is 8.75. The predicted octanol–water partition coefficient (Wildman–Crippen LogP) is 0.825. The minimum absolute atomic E-state index is 0.128. The number of carbonyl (C=O) groups excluding carboxylic acids is 1. The Labute approximate surface area is 159 Å². The minimum Gasteiger partial charge on any atom is -0.480 e. The van der Waals surface area contributed by atoms with Crippen LogP contribution >= 0.6 is 11.8 Å². The fourth-order valence-corrected chi connectivity index (χ4v) is 5.86. The largest absolute Gasteiger partial charge is 0.480 e. The molecular formula is C18H21N3O5S. The number of benzene rings is 1. The molecular weight excluding hydrogens is 370 g/mol. The Kier molecular flexibility index (Phi) is 4.21. The number of amides is 1. The number of carboxylic acid groups (broad SMARTS) is 1. The van der Waals surface area contributed by atoms with E-state index >= 15 is 0 Å². The van der Waals surface area contributed by atoms with Gasteiger partial charge in [0.15, 0.2) is 0 Å². The predicted molar refractivity (Wildman–Crippen MR) is 99.0 cm³/mol. The van der Waals surface area contributed by atoms with Crippen molar-refractivity contribution in [3.63, 3.8) is 0 Å². The van der Waals surface area contributed by atoms with Crippen molar-refractivity contribution in [2.75, 3.05) is 6.61 Å². The zero-order chi connectivity index (χ0) is 19.5. The summed E-state index contributed by atoms with van der Waals surface area (Å²) in [7, 11) is 0. The summed E-state index contributed by atoms with van der Waals surface area (Å²) < 4.78 is 1.07. The second-order valence-electron chi connectivity index (χ2n) is 7.40. The van der Waals surface area contributed by atoms with Gasteiger partial charge in [-0.2, -0.15) is 0 Å². The molecule has 1 amide bonds. The van der Waals surface area contributed by atoms with E-state index in [1.807, 2.05) is 24.3 Å². The lowest BCUT2D eigenvalue weighted by atomic mass is 9.87. The van der Waals surface area contributed by atoms with Gasteiger partial charge in [0.2, 0.25) is 5.91 Å². The Balaban J connectivity index is 1.70. The molecule has 2 saturated heterocycles. The molecule has 1 aromatic carbocycles.